The van der Waals surface area contributed by atoms with Crippen LogP contribution in [0.15, 0.2) is 18.2 Å². The van der Waals surface area contributed by atoms with E-state index in [1.165, 1.54) is 18.2 Å². The maximum Gasteiger partial charge on any atom is 0.293 e. The van der Waals surface area contributed by atoms with Crippen LogP contribution in [0.2, 0.25) is 0 Å². The second-order valence-electron chi connectivity index (χ2n) is 5.72. The smallest absolute Gasteiger partial charge is 0.293 e. The first-order valence-corrected chi connectivity index (χ1v) is 7.16. The molecule has 21 heavy (non-hydrogen) atoms. The molecule has 1 aromatic carbocycles. The van der Waals surface area contributed by atoms with Crippen LogP contribution in [-0.2, 0) is 0 Å². The van der Waals surface area contributed by atoms with Crippen LogP contribution in [0.4, 0.5) is 11.4 Å². The van der Waals surface area contributed by atoms with Crippen molar-refractivity contribution in [1.82, 2.24) is 0 Å². The topological polar surface area (TPSA) is 98.3 Å². The Hall–Kier alpha value is -2.11. The number of nitrogens with zero attached hydrogens (tertiary/aromatic N) is 1. The average molecular weight is 293 g/mol. The Balaban J connectivity index is 2.78. The standard InChI is InChI=1S/C15H23N3O3/c1-10(2)5-4-6-11(3)17-13-8-7-12(15(16)19)9-14(13)18(20)21/h7-11,17H,4-6H2,1-3H3,(H2,16,19). The number of anilines is 1. The minimum Gasteiger partial charge on any atom is -0.377 e. The first-order chi connectivity index (χ1) is 9.81. The summed E-state index contributed by atoms with van der Waals surface area (Å²) in [7, 11) is 0. The molecule has 0 aliphatic heterocycles. The number of nitro groups is 1. The van der Waals surface area contributed by atoms with E-state index in [2.05, 4.69) is 19.2 Å². The fourth-order valence-electron chi connectivity index (χ4n) is 2.13. The summed E-state index contributed by atoms with van der Waals surface area (Å²) in [6.45, 7) is 6.34. The third-order valence-corrected chi connectivity index (χ3v) is 3.30. The largest absolute Gasteiger partial charge is 0.377 e. The molecule has 6 heteroatoms. The van der Waals surface area contributed by atoms with Gasteiger partial charge in [-0.05, 0) is 31.4 Å². The van der Waals surface area contributed by atoms with Gasteiger partial charge in [-0.25, -0.2) is 0 Å². The summed E-state index contributed by atoms with van der Waals surface area (Å²) in [5.41, 5.74) is 5.58. The van der Waals surface area contributed by atoms with Crippen molar-refractivity contribution in [3.63, 3.8) is 0 Å². The Morgan fingerprint density at radius 2 is 2.00 bits per heavy atom. The SMILES string of the molecule is CC(C)CCCC(C)Nc1ccc(C(N)=O)cc1[N+](=O)[O-]. The molecule has 0 aliphatic rings. The molecule has 3 N–H and O–H groups in total. The molecule has 1 rings (SSSR count). The highest BCUT2D eigenvalue weighted by Gasteiger charge is 2.17. The maximum absolute atomic E-state index is 11.1. The molecular weight excluding hydrogens is 270 g/mol. The molecule has 0 heterocycles. The highest BCUT2D eigenvalue weighted by atomic mass is 16.6. The summed E-state index contributed by atoms with van der Waals surface area (Å²) >= 11 is 0. The fourth-order valence-corrected chi connectivity index (χ4v) is 2.13. The Bertz CT molecular complexity index is 515. The van der Waals surface area contributed by atoms with Crippen LogP contribution in [-0.4, -0.2) is 16.9 Å². The lowest BCUT2D eigenvalue weighted by molar-refractivity contribution is -0.384. The first-order valence-electron chi connectivity index (χ1n) is 7.16. The molecular formula is C15H23N3O3. The maximum atomic E-state index is 11.1. The van der Waals surface area contributed by atoms with Crippen LogP contribution >= 0.6 is 0 Å². The van der Waals surface area contributed by atoms with E-state index >= 15 is 0 Å². The number of amides is 1. The third-order valence-electron chi connectivity index (χ3n) is 3.30. The van der Waals surface area contributed by atoms with Crippen LogP contribution in [0.3, 0.4) is 0 Å². The number of nitrogens with one attached hydrogen (secondary N) is 1. The molecule has 0 fully saturated rings. The van der Waals surface area contributed by atoms with Crippen molar-refractivity contribution >= 4 is 17.3 Å². The molecule has 0 saturated carbocycles. The monoisotopic (exact) mass is 293 g/mol. The zero-order valence-electron chi connectivity index (χ0n) is 12.8. The number of carbonyl (C=O) groups is 1. The quantitative estimate of drug-likeness (QED) is 0.567. The number of benzene rings is 1. The lowest BCUT2D eigenvalue weighted by Crippen LogP contribution is -2.17. The van der Waals surface area contributed by atoms with E-state index in [-0.39, 0.29) is 17.3 Å². The summed E-state index contributed by atoms with van der Waals surface area (Å²) in [4.78, 5) is 21.7. The molecule has 1 atom stereocenters. The van der Waals surface area contributed by atoms with E-state index in [0.29, 0.717) is 11.6 Å². The number of primary amides is 1. The highest BCUT2D eigenvalue weighted by molar-refractivity contribution is 5.94. The second-order valence-corrected chi connectivity index (χ2v) is 5.72. The van der Waals surface area contributed by atoms with Crippen LogP contribution in [0, 0.1) is 16.0 Å². The van der Waals surface area contributed by atoms with E-state index in [0.717, 1.165) is 19.3 Å². The van der Waals surface area contributed by atoms with Crippen molar-refractivity contribution in [1.29, 1.82) is 0 Å². The zero-order valence-corrected chi connectivity index (χ0v) is 12.8. The van der Waals surface area contributed by atoms with Crippen molar-refractivity contribution in [2.24, 2.45) is 11.7 Å². The molecule has 1 aromatic rings. The third kappa shape index (κ3) is 5.41. The minimum atomic E-state index is -0.672. The molecule has 0 saturated heterocycles. The molecule has 116 valence electrons. The van der Waals surface area contributed by atoms with Crippen LogP contribution in [0.5, 0.6) is 0 Å². The number of nitrogens with two attached hydrogens (primary N) is 1. The second kappa shape index (κ2) is 7.61. The van der Waals surface area contributed by atoms with Crippen molar-refractivity contribution in [3.8, 4) is 0 Å². The molecule has 1 amide bonds. The Morgan fingerprint density at radius 3 is 2.52 bits per heavy atom. The first kappa shape index (κ1) is 16.9. The van der Waals surface area contributed by atoms with E-state index in [1.807, 2.05) is 6.92 Å². The van der Waals surface area contributed by atoms with Gasteiger partial charge in [0.2, 0.25) is 5.91 Å². The molecule has 0 aromatic heterocycles. The highest BCUT2D eigenvalue weighted by Crippen LogP contribution is 2.26. The van der Waals surface area contributed by atoms with Gasteiger partial charge in [0.25, 0.3) is 5.69 Å². The van der Waals surface area contributed by atoms with Gasteiger partial charge in [0.1, 0.15) is 5.69 Å². The number of nitro benzene ring substituents is 1. The van der Waals surface area contributed by atoms with Gasteiger partial charge in [0.05, 0.1) is 4.92 Å². The summed E-state index contributed by atoms with van der Waals surface area (Å²) in [5, 5.41) is 14.2. The van der Waals surface area contributed by atoms with Gasteiger partial charge in [-0.15, -0.1) is 0 Å². The van der Waals surface area contributed by atoms with Gasteiger partial charge < -0.3 is 11.1 Å². The van der Waals surface area contributed by atoms with Gasteiger partial charge in [0, 0.05) is 17.7 Å². The predicted molar refractivity (Wildman–Crippen MR) is 83.4 cm³/mol. The van der Waals surface area contributed by atoms with E-state index in [4.69, 9.17) is 5.73 Å². The lowest BCUT2D eigenvalue weighted by atomic mass is 10.0. The number of hydrogen-bond acceptors (Lipinski definition) is 4. The number of hydrogen-bond donors (Lipinski definition) is 2. The zero-order chi connectivity index (χ0) is 16.0. The van der Waals surface area contributed by atoms with Gasteiger partial charge in [-0.2, -0.15) is 0 Å². The molecule has 0 aliphatic carbocycles. The summed E-state index contributed by atoms with van der Waals surface area (Å²) in [6.07, 6.45) is 3.14. The Labute approximate surface area is 124 Å². The van der Waals surface area contributed by atoms with Crippen LogP contribution in [0.25, 0.3) is 0 Å². The summed E-state index contributed by atoms with van der Waals surface area (Å²) in [6, 6.07) is 4.38. The molecule has 0 spiro atoms. The van der Waals surface area contributed by atoms with E-state index in [9.17, 15) is 14.9 Å². The summed E-state index contributed by atoms with van der Waals surface area (Å²) < 4.78 is 0. The Morgan fingerprint density at radius 1 is 1.33 bits per heavy atom. The van der Waals surface area contributed by atoms with Crippen molar-refractivity contribution in [3.05, 3.63) is 33.9 Å². The minimum absolute atomic E-state index is 0.123. The molecule has 6 nitrogen and oxygen atoms in total. The van der Waals surface area contributed by atoms with E-state index < -0.39 is 10.8 Å². The molecule has 0 radical (unpaired) electrons. The number of rotatable bonds is 8. The average Bonchev–Trinajstić information content (AvgIpc) is 2.38. The normalized spacial score (nSPS) is 12.2. The van der Waals surface area contributed by atoms with Crippen molar-refractivity contribution < 1.29 is 9.72 Å². The van der Waals surface area contributed by atoms with Gasteiger partial charge in [0.15, 0.2) is 0 Å². The van der Waals surface area contributed by atoms with Gasteiger partial charge in [-0.3, -0.25) is 14.9 Å². The van der Waals surface area contributed by atoms with E-state index in [1.54, 1.807) is 0 Å². The fraction of sp³-hybridized carbons (Fsp3) is 0.533. The molecule has 0 bridgehead atoms. The molecule has 1 unspecified atom stereocenters. The predicted octanol–water partition coefficient (Wildman–Crippen LogP) is 3.32. The van der Waals surface area contributed by atoms with Gasteiger partial charge >= 0.3 is 0 Å². The number of carbonyl (C=O) groups excluding carboxylic acids is 1. The lowest BCUT2D eigenvalue weighted by Gasteiger charge is -2.16. The van der Waals surface area contributed by atoms with Crippen molar-refractivity contribution in [2.75, 3.05) is 5.32 Å². The van der Waals surface area contributed by atoms with Crippen LogP contribution < -0.4 is 11.1 Å². The van der Waals surface area contributed by atoms with Crippen molar-refractivity contribution in [2.45, 2.75) is 46.1 Å². The van der Waals surface area contributed by atoms with Crippen LogP contribution in [0.1, 0.15) is 50.4 Å². The summed E-state index contributed by atoms with van der Waals surface area (Å²) in [5.74, 6) is -0.0176. The van der Waals surface area contributed by atoms with Gasteiger partial charge in [-0.1, -0.05) is 26.7 Å². The Kier molecular flexibility index (Phi) is 6.14.